The lowest BCUT2D eigenvalue weighted by Gasteiger charge is -2.31. The molecule has 2 aromatic carbocycles. The molecule has 7 nitrogen and oxygen atoms in total. The van der Waals surface area contributed by atoms with Crippen LogP contribution in [0.3, 0.4) is 0 Å². The van der Waals surface area contributed by atoms with Gasteiger partial charge in [-0.05, 0) is 43.3 Å². The monoisotopic (exact) mass is 419 g/mol. The predicted molar refractivity (Wildman–Crippen MR) is 117 cm³/mol. The molecule has 5 rings (SSSR count). The lowest BCUT2D eigenvalue weighted by atomic mass is 9.95. The maximum absolute atomic E-state index is 13.1. The zero-order chi connectivity index (χ0) is 21.4. The zero-order valence-corrected chi connectivity index (χ0v) is 17.6. The van der Waals surface area contributed by atoms with E-state index in [1.165, 1.54) is 9.80 Å². The van der Waals surface area contributed by atoms with Gasteiger partial charge in [0.1, 0.15) is 11.6 Å². The van der Waals surface area contributed by atoms with Crippen LogP contribution in [0.4, 0.5) is 5.69 Å². The highest BCUT2D eigenvalue weighted by Crippen LogP contribution is 2.27. The van der Waals surface area contributed by atoms with Gasteiger partial charge < -0.3 is 14.6 Å². The number of hydrogen-bond acceptors (Lipinski definition) is 4. The number of amides is 2. The molecule has 2 aliphatic heterocycles. The summed E-state index contributed by atoms with van der Waals surface area (Å²) in [5.74, 6) is 1.92. The van der Waals surface area contributed by atoms with Crippen molar-refractivity contribution in [3.05, 3.63) is 54.4 Å². The fourth-order valence-corrected chi connectivity index (χ4v) is 4.86. The Morgan fingerprint density at radius 3 is 2.55 bits per heavy atom. The first kappa shape index (κ1) is 19.8. The Kier molecular flexibility index (Phi) is 5.19. The highest BCUT2D eigenvalue weighted by Gasteiger charge is 2.46. The molecule has 0 spiro atoms. The van der Waals surface area contributed by atoms with Crippen LogP contribution in [-0.2, 0) is 9.59 Å². The van der Waals surface area contributed by atoms with E-state index in [4.69, 9.17) is 9.72 Å². The Balaban J connectivity index is 1.25. The topological polar surface area (TPSA) is 79.7 Å². The van der Waals surface area contributed by atoms with Crippen LogP contribution < -0.4 is 14.5 Å². The number of carbonyl (C=O) groups excluding carboxylic acids is 2. The van der Waals surface area contributed by atoms with E-state index in [-0.39, 0.29) is 24.3 Å². The number of nitrogens with zero attached hydrogens (tertiary/aromatic N) is 2. The zero-order valence-electron chi connectivity index (χ0n) is 17.6. The van der Waals surface area contributed by atoms with Crippen LogP contribution in [0.2, 0.25) is 0 Å². The van der Waals surface area contributed by atoms with Crippen molar-refractivity contribution in [3.63, 3.8) is 0 Å². The number of aromatic nitrogens is 2. The Morgan fingerprint density at radius 2 is 1.84 bits per heavy atom. The summed E-state index contributed by atoms with van der Waals surface area (Å²) in [5.41, 5.74) is 2.68. The summed E-state index contributed by atoms with van der Waals surface area (Å²) < 4.78 is 5.46. The largest absolute Gasteiger partial charge is 0.494 e. The molecule has 2 N–H and O–H groups in total. The number of benzene rings is 2. The van der Waals surface area contributed by atoms with Crippen LogP contribution in [0, 0.1) is 0 Å². The third kappa shape index (κ3) is 3.70. The first-order chi connectivity index (χ1) is 15.1. The second-order valence-electron chi connectivity index (χ2n) is 8.32. The van der Waals surface area contributed by atoms with Gasteiger partial charge in [0.05, 0.1) is 42.8 Å². The molecule has 3 aromatic rings. The first-order valence-electron chi connectivity index (χ1n) is 11.0. The van der Waals surface area contributed by atoms with Crippen LogP contribution in [0.15, 0.2) is 48.5 Å². The molecule has 1 aromatic heterocycles. The van der Waals surface area contributed by atoms with Gasteiger partial charge in [-0.15, -0.1) is 0 Å². The fraction of sp³-hybridized carbons (Fsp3) is 0.375. The highest BCUT2D eigenvalue weighted by atomic mass is 16.5. The number of imide groups is 1. The molecule has 2 saturated heterocycles. The maximum Gasteiger partial charge on any atom is 0.292 e. The SMILES string of the molecule is CCOc1ccc(N2C(=O)C[C@H]([NH+]3CCC(c4nc5ccccc5[nH]4)CC3)C2=O)cc1. The lowest BCUT2D eigenvalue weighted by molar-refractivity contribution is -0.920. The van der Waals surface area contributed by atoms with Crippen molar-refractivity contribution in [1.29, 1.82) is 0 Å². The van der Waals surface area contributed by atoms with Crippen LogP contribution in [-0.4, -0.2) is 47.5 Å². The van der Waals surface area contributed by atoms with Gasteiger partial charge in [0, 0.05) is 18.8 Å². The molecule has 160 valence electrons. The number of nitrogens with one attached hydrogen (secondary N) is 2. The Bertz CT molecular complexity index is 1070. The Labute approximate surface area is 181 Å². The van der Waals surface area contributed by atoms with Gasteiger partial charge in [-0.3, -0.25) is 9.59 Å². The molecule has 31 heavy (non-hydrogen) atoms. The number of para-hydroxylation sites is 2. The molecule has 7 heteroatoms. The van der Waals surface area contributed by atoms with Crippen molar-refractivity contribution in [2.45, 2.75) is 38.1 Å². The van der Waals surface area contributed by atoms with E-state index in [0.717, 1.165) is 48.5 Å². The average Bonchev–Trinajstić information content (AvgIpc) is 3.35. The summed E-state index contributed by atoms with van der Waals surface area (Å²) in [7, 11) is 0. The van der Waals surface area contributed by atoms with Crippen molar-refractivity contribution in [1.82, 2.24) is 9.97 Å². The van der Waals surface area contributed by atoms with E-state index in [1.807, 2.05) is 31.2 Å². The van der Waals surface area contributed by atoms with E-state index < -0.39 is 0 Å². The van der Waals surface area contributed by atoms with Crippen molar-refractivity contribution < 1.29 is 19.2 Å². The van der Waals surface area contributed by atoms with E-state index in [9.17, 15) is 9.59 Å². The minimum Gasteiger partial charge on any atom is -0.494 e. The molecule has 1 atom stereocenters. The number of imidazole rings is 1. The summed E-state index contributed by atoms with van der Waals surface area (Å²) in [6, 6.07) is 15.0. The van der Waals surface area contributed by atoms with Gasteiger partial charge in [0.25, 0.3) is 5.91 Å². The molecule has 0 aliphatic carbocycles. The first-order valence-corrected chi connectivity index (χ1v) is 11.0. The van der Waals surface area contributed by atoms with Gasteiger partial charge in [-0.1, -0.05) is 12.1 Å². The summed E-state index contributed by atoms with van der Waals surface area (Å²) in [4.78, 5) is 36.6. The number of aromatic amines is 1. The second-order valence-corrected chi connectivity index (χ2v) is 8.32. The van der Waals surface area contributed by atoms with Crippen molar-refractivity contribution in [2.24, 2.45) is 0 Å². The quantitative estimate of drug-likeness (QED) is 0.621. The van der Waals surface area contributed by atoms with E-state index in [1.54, 1.807) is 24.3 Å². The molecule has 0 unspecified atom stereocenters. The summed E-state index contributed by atoms with van der Waals surface area (Å²) in [6.07, 6.45) is 2.18. The van der Waals surface area contributed by atoms with Gasteiger partial charge >= 0.3 is 0 Å². The lowest BCUT2D eigenvalue weighted by Crippen LogP contribution is -3.17. The molecule has 2 aliphatic rings. The second kappa shape index (κ2) is 8.15. The third-order valence-electron chi connectivity index (χ3n) is 6.47. The van der Waals surface area contributed by atoms with Gasteiger partial charge in [-0.2, -0.15) is 0 Å². The van der Waals surface area contributed by atoms with E-state index in [2.05, 4.69) is 4.98 Å². The van der Waals surface area contributed by atoms with Crippen LogP contribution in [0.5, 0.6) is 5.75 Å². The predicted octanol–water partition coefficient (Wildman–Crippen LogP) is 2.06. The third-order valence-corrected chi connectivity index (χ3v) is 6.47. The van der Waals surface area contributed by atoms with Gasteiger partial charge in [0.15, 0.2) is 6.04 Å². The minimum absolute atomic E-state index is 0.0913. The maximum atomic E-state index is 13.1. The van der Waals surface area contributed by atoms with Crippen LogP contribution in [0.25, 0.3) is 11.0 Å². The van der Waals surface area contributed by atoms with E-state index >= 15 is 0 Å². The Hall–Kier alpha value is -3.19. The molecular formula is C24H27N4O3+. The molecule has 3 heterocycles. The van der Waals surface area contributed by atoms with Crippen LogP contribution in [0.1, 0.15) is 37.9 Å². The van der Waals surface area contributed by atoms with Gasteiger partial charge in [-0.25, -0.2) is 9.88 Å². The summed E-state index contributed by atoms with van der Waals surface area (Å²) in [6.45, 7) is 4.23. The van der Waals surface area contributed by atoms with Crippen molar-refractivity contribution in [2.75, 3.05) is 24.6 Å². The highest BCUT2D eigenvalue weighted by molar-refractivity contribution is 6.21. The number of hydrogen-bond donors (Lipinski definition) is 2. The summed E-state index contributed by atoms with van der Waals surface area (Å²) in [5, 5.41) is 0. The molecule has 0 radical (unpaired) electrons. The number of anilines is 1. The number of piperidine rings is 1. The smallest absolute Gasteiger partial charge is 0.292 e. The number of fused-ring (bicyclic) bond motifs is 1. The molecule has 2 amide bonds. The summed E-state index contributed by atoms with van der Waals surface area (Å²) >= 11 is 0. The Morgan fingerprint density at radius 1 is 1.10 bits per heavy atom. The molecule has 0 bridgehead atoms. The fourth-order valence-electron chi connectivity index (χ4n) is 4.86. The van der Waals surface area contributed by atoms with Crippen LogP contribution >= 0.6 is 0 Å². The number of H-pyrrole nitrogens is 1. The number of ether oxygens (including phenoxy) is 1. The van der Waals surface area contributed by atoms with E-state index in [0.29, 0.717) is 18.2 Å². The standard InChI is InChI=1S/C24H26N4O3/c1-2-31-18-9-7-17(8-10-18)28-22(29)15-21(24(28)30)27-13-11-16(12-14-27)23-25-19-5-3-4-6-20(19)26-23/h3-10,16,21H,2,11-15H2,1H3,(H,25,26)/p+1/t21-/m0/s1. The number of likely N-dealkylation sites (tertiary alicyclic amines) is 1. The average molecular weight is 420 g/mol. The molecular weight excluding hydrogens is 392 g/mol. The number of rotatable bonds is 5. The minimum atomic E-state index is -0.296. The molecule has 2 fully saturated rings. The number of carbonyl (C=O) groups is 2. The molecule has 0 saturated carbocycles. The van der Waals surface area contributed by atoms with Crippen molar-refractivity contribution >= 4 is 28.5 Å². The van der Waals surface area contributed by atoms with Gasteiger partial charge in [0.2, 0.25) is 5.91 Å². The van der Waals surface area contributed by atoms with Crippen molar-refractivity contribution in [3.8, 4) is 5.75 Å². The number of quaternary nitrogens is 1. The normalized spacial score (nSPS) is 24.2.